The first-order valence-electron chi connectivity index (χ1n) is 6.92. The van der Waals surface area contributed by atoms with Crippen LogP contribution in [0.4, 0.5) is 13.2 Å². The maximum absolute atomic E-state index is 12.1. The highest BCUT2D eigenvalue weighted by molar-refractivity contribution is 5.46. The van der Waals surface area contributed by atoms with Crippen molar-refractivity contribution < 1.29 is 22.6 Å². The number of nitrogens with two attached hydrogens (primary N) is 1. The average molecular weight is 305 g/mol. The lowest BCUT2D eigenvalue weighted by atomic mass is 10.0. The summed E-state index contributed by atoms with van der Waals surface area (Å²) in [5.41, 5.74) is 7.35. The molecular formula is C15H22F3NO2. The summed E-state index contributed by atoms with van der Waals surface area (Å²) in [5, 5.41) is 0. The Kier molecular flexibility index (Phi) is 6.81. The van der Waals surface area contributed by atoms with E-state index >= 15 is 0 Å². The van der Waals surface area contributed by atoms with E-state index < -0.39 is 12.6 Å². The van der Waals surface area contributed by atoms with Gasteiger partial charge >= 0.3 is 6.18 Å². The van der Waals surface area contributed by atoms with Crippen LogP contribution in [-0.4, -0.2) is 26.9 Å². The maximum atomic E-state index is 12.1. The molecule has 0 atom stereocenters. The number of hydrogen-bond donors (Lipinski definition) is 1. The summed E-state index contributed by atoms with van der Waals surface area (Å²) in [6.07, 6.45) is -3.09. The summed E-state index contributed by atoms with van der Waals surface area (Å²) >= 11 is 0. The van der Waals surface area contributed by atoms with Gasteiger partial charge in [0.2, 0.25) is 0 Å². The number of rotatable bonds is 8. The molecule has 0 fully saturated rings. The van der Waals surface area contributed by atoms with Crippen LogP contribution < -0.4 is 15.2 Å². The maximum Gasteiger partial charge on any atom is 0.389 e. The molecule has 6 heteroatoms. The molecule has 3 nitrogen and oxygen atoms in total. The second-order valence-electron chi connectivity index (χ2n) is 4.84. The normalized spacial score (nSPS) is 11.5. The third-order valence-electron chi connectivity index (χ3n) is 3.25. The lowest BCUT2D eigenvalue weighted by Gasteiger charge is -2.15. The predicted octanol–water partition coefficient (Wildman–Crippen LogP) is 3.48. The largest absolute Gasteiger partial charge is 0.496 e. The average Bonchev–Trinajstić information content (AvgIpc) is 2.43. The Hall–Kier alpha value is -1.43. The zero-order valence-electron chi connectivity index (χ0n) is 12.4. The number of alkyl halides is 3. The Balaban J connectivity index is 2.76. The van der Waals surface area contributed by atoms with Crippen molar-refractivity contribution in [3.05, 3.63) is 23.3 Å². The molecule has 0 bridgehead atoms. The fraction of sp³-hybridized carbons (Fsp3) is 0.600. The summed E-state index contributed by atoms with van der Waals surface area (Å²) in [5.74, 6) is 1.37. The Morgan fingerprint density at radius 2 is 1.48 bits per heavy atom. The van der Waals surface area contributed by atoms with Crippen molar-refractivity contribution in [1.29, 1.82) is 0 Å². The highest BCUT2D eigenvalue weighted by Gasteiger charge is 2.25. The number of ether oxygens (including phenoxy) is 2. The van der Waals surface area contributed by atoms with Crippen molar-refractivity contribution in [2.45, 2.75) is 38.3 Å². The van der Waals surface area contributed by atoms with Gasteiger partial charge in [-0.1, -0.05) is 0 Å². The van der Waals surface area contributed by atoms with Crippen LogP contribution in [0.2, 0.25) is 0 Å². The highest BCUT2D eigenvalue weighted by atomic mass is 19.4. The fourth-order valence-electron chi connectivity index (χ4n) is 2.21. The minimum atomic E-state index is -4.09. The van der Waals surface area contributed by atoms with Crippen LogP contribution in [0.25, 0.3) is 0 Å². The topological polar surface area (TPSA) is 44.5 Å². The summed E-state index contributed by atoms with van der Waals surface area (Å²) in [6.45, 7) is 0.491. The molecule has 0 saturated heterocycles. The first-order valence-corrected chi connectivity index (χ1v) is 6.92. The van der Waals surface area contributed by atoms with Gasteiger partial charge < -0.3 is 15.2 Å². The number of hydrogen-bond acceptors (Lipinski definition) is 3. The minimum Gasteiger partial charge on any atom is -0.496 e. The summed E-state index contributed by atoms with van der Waals surface area (Å²) in [6, 6.07) is 3.68. The lowest BCUT2D eigenvalue weighted by Crippen LogP contribution is -2.07. The van der Waals surface area contributed by atoms with E-state index in [-0.39, 0.29) is 6.42 Å². The van der Waals surface area contributed by atoms with Crippen LogP contribution in [0.5, 0.6) is 11.5 Å². The van der Waals surface area contributed by atoms with Gasteiger partial charge in [-0.3, -0.25) is 0 Å². The number of benzene rings is 1. The van der Waals surface area contributed by atoms with Gasteiger partial charge in [0.05, 0.1) is 14.2 Å². The van der Waals surface area contributed by atoms with Crippen LogP contribution in [-0.2, 0) is 12.8 Å². The molecule has 0 spiro atoms. The molecule has 0 amide bonds. The third kappa shape index (κ3) is 5.83. The van der Waals surface area contributed by atoms with E-state index in [1.54, 1.807) is 14.2 Å². The van der Waals surface area contributed by atoms with Crippen molar-refractivity contribution in [2.24, 2.45) is 5.73 Å². The standard InChI is InChI=1S/C15H22F3NO2/c1-20-13-10-12(6-8-19)14(21-2)9-11(13)5-3-4-7-15(16,17)18/h9-10H,3-8,19H2,1-2H3. The molecule has 0 radical (unpaired) electrons. The zero-order chi connectivity index (χ0) is 15.9. The van der Waals surface area contributed by atoms with E-state index in [0.29, 0.717) is 37.3 Å². The molecule has 0 aliphatic rings. The molecular weight excluding hydrogens is 283 g/mol. The van der Waals surface area contributed by atoms with E-state index in [9.17, 15) is 13.2 Å². The van der Waals surface area contributed by atoms with Gasteiger partial charge in [-0.2, -0.15) is 13.2 Å². The van der Waals surface area contributed by atoms with E-state index in [1.165, 1.54) is 0 Å². The Bertz CT molecular complexity index is 447. The van der Waals surface area contributed by atoms with Gasteiger partial charge in [0.1, 0.15) is 11.5 Å². The SMILES string of the molecule is COc1cc(CCCCC(F)(F)F)c(OC)cc1CCN. The van der Waals surface area contributed by atoms with Crippen LogP contribution in [0.1, 0.15) is 30.4 Å². The summed E-state index contributed by atoms with van der Waals surface area (Å²) < 4.78 is 47.0. The molecule has 0 aliphatic heterocycles. The Labute approximate surface area is 123 Å². The highest BCUT2D eigenvalue weighted by Crippen LogP contribution is 2.31. The summed E-state index contributed by atoms with van der Waals surface area (Å²) in [7, 11) is 3.11. The van der Waals surface area contributed by atoms with Gasteiger partial charge in [-0.25, -0.2) is 0 Å². The molecule has 1 aromatic rings. The van der Waals surface area contributed by atoms with Crippen molar-refractivity contribution in [3.63, 3.8) is 0 Å². The molecule has 1 rings (SSSR count). The van der Waals surface area contributed by atoms with E-state index in [4.69, 9.17) is 15.2 Å². The monoisotopic (exact) mass is 305 g/mol. The number of halogens is 3. The fourth-order valence-corrected chi connectivity index (χ4v) is 2.21. The molecule has 0 heterocycles. The number of unbranched alkanes of at least 4 members (excludes halogenated alkanes) is 1. The van der Waals surface area contributed by atoms with E-state index in [1.807, 2.05) is 12.1 Å². The molecule has 0 unspecified atom stereocenters. The number of aryl methyl sites for hydroxylation is 1. The van der Waals surface area contributed by atoms with Gasteiger partial charge in [0.15, 0.2) is 0 Å². The predicted molar refractivity (Wildman–Crippen MR) is 75.9 cm³/mol. The van der Waals surface area contributed by atoms with Gasteiger partial charge in [0.25, 0.3) is 0 Å². The molecule has 1 aromatic carbocycles. The second-order valence-corrected chi connectivity index (χ2v) is 4.84. The smallest absolute Gasteiger partial charge is 0.389 e. The Morgan fingerprint density at radius 3 is 1.90 bits per heavy atom. The molecule has 120 valence electrons. The number of methoxy groups -OCH3 is 2. The Morgan fingerprint density at radius 1 is 0.952 bits per heavy atom. The van der Waals surface area contributed by atoms with E-state index in [0.717, 1.165) is 11.1 Å². The van der Waals surface area contributed by atoms with Crippen LogP contribution in [0, 0.1) is 0 Å². The molecule has 2 N–H and O–H groups in total. The second kappa shape index (κ2) is 8.12. The lowest BCUT2D eigenvalue weighted by molar-refractivity contribution is -0.135. The van der Waals surface area contributed by atoms with Gasteiger partial charge in [-0.05, 0) is 55.5 Å². The van der Waals surface area contributed by atoms with Crippen LogP contribution in [0.3, 0.4) is 0 Å². The van der Waals surface area contributed by atoms with Crippen molar-refractivity contribution in [3.8, 4) is 11.5 Å². The summed E-state index contributed by atoms with van der Waals surface area (Å²) in [4.78, 5) is 0. The molecule has 0 aliphatic carbocycles. The van der Waals surface area contributed by atoms with E-state index in [2.05, 4.69) is 0 Å². The van der Waals surface area contributed by atoms with Crippen molar-refractivity contribution in [1.82, 2.24) is 0 Å². The van der Waals surface area contributed by atoms with Crippen molar-refractivity contribution in [2.75, 3.05) is 20.8 Å². The van der Waals surface area contributed by atoms with Crippen LogP contribution >= 0.6 is 0 Å². The third-order valence-corrected chi connectivity index (χ3v) is 3.25. The van der Waals surface area contributed by atoms with Crippen LogP contribution in [0.15, 0.2) is 12.1 Å². The molecule has 0 aromatic heterocycles. The first kappa shape index (κ1) is 17.6. The van der Waals surface area contributed by atoms with Crippen molar-refractivity contribution >= 4 is 0 Å². The quantitative estimate of drug-likeness (QED) is 0.748. The van der Waals surface area contributed by atoms with Gasteiger partial charge in [0, 0.05) is 6.42 Å². The minimum absolute atomic E-state index is 0.111. The molecule has 0 saturated carbocycles. The van der Waals surface area contributed by atoms with Gasteiger partial charge in [-0.15, -0.1) is 0 Å². The zero-order valence-corrected chi connectivity index (χ0v) is 12.4. The first-order chi connectivity index (χ1) is 9.91. The molecule has 21 heavy (non-hydrogen) atoms.